The first-order chi connectivity index (χ1) is 11.7. The number of carbonyl (C=O) groups is 1. The van der Waals surface area contributed by atoms with E-state index in [4.69, 9.17) is 5.11 Å². The molecule has 1 aromatic carbocycles. The SMILES string of the molecule is O=C(NCCO)c1ccc2cnc(N[C@H]3CC[C@H](O)CC3)nc2c1. The number of amides is 1. The molecule has 128 valence electrons. The van der Waals surface area contributed by atoms with E-state index in [1.165, 1.54) is 0 Å². The van der Waals surface area contributed by atoms with E-state index >= 15 is 0 Å². The molecule has 0 atom stereocenters. The van der Waals surface area contributed by atoms with Crippen molar-refractivity contribution < 1.29 is 15.0 Å². The summed E-state index contributed by atoms with van der Waals surface area (Å²) in [5.74, 6) is 0.303. The summed E-state index contributed by atoms with van der Waals surface area (Å²) < 4.78 is 0. The highest BCUT2D eigenvalue weighted by Gasteiger charge is 2.19. The van der Waals surface area contributed by atoms with Gasteiger partial charge in [-0.15, -0.1) is 0 Å². The van der Waals surface area contributed by atoms with Gasteiger partial charge < -0.3 is 20.8 Å². The first-order valence-corrected chi connectivity index (χ1v) is 8.26. The van der Waals surface area contributed by atoms with E-state index in [0.717, 1.165) is 31.1 Å². The lowest BCUT2D eigenvalue weighted by Gasteiger charge is -2.26. The minimum absolute atomic E-state index is 0.0916. The zero-order chi connectivity index (χ0) is 16.9. The number of hydrogen-bond donors (Lipinski definition) is 4. The van der Waals surface area contributed by atoms with Crippen molar-refractivity contribution in [3.05, 3.63) is 30.0 Å². The van der Waals surface area contributed by atoms with Crippen molar-refractivity contribution >= 4 is 22.8 Å². The van der Waals surface area contributed by atoms with Gasteiger partial charge in [-0.2, -0.15) is 0 Å². The number of benzene rings is 1. The first-order valence-electron chi connectivity index (χ1n) is 8.26. The molecule has 1 saturated carbocycles. The molecular weight excluding hydrogens is 308 g/mol. The molecular formula is C17H22N4O3. The summed E-state index contributed by atoms with van der Waals surface area (Å²) in [7, 11) is 0. The van der Waals surface area contributed by atoms with E-state index in [-0.39, 0.29) is 31.2 Å². The normalized spacial score (nSPS) is 20.8. The lowest BCUT2D eigenvalue weighted by Crippen LogP contribution is -2.28. The molecule has 7 nitrogen and oxygen atoms in total. The van der Waals surface area contributed by atoms with Crippen LogP contribution in [0.5, 0.6) is 0 Å². The van der Waals surface area contributed by atoms with Crippen molar-refractivity contribution in [1.82, 2.24) is 15.3 Å². The number of aromatic nitrogens is 2. The average Bonchev–Trinajstić information content (AvgIpc) is 2.61. The summed E-state index contributed by atoms with van der Waals surface area (Å²) in [5, 5.41) is 25.1. The Kier molecular flexibility index (Phi) is 5.22. The zero-order valence-electron chi connectivity index (χ0n) is 13.4. The minimum atomic E-state index is -0.236. The van der Waals surface area contributed by atoms with Crippen LogP contribution in [-0.4, -0.2) is 51.4 Å². The predicted molar refractivity (Wildman–Crippen MR) is 90.8 cm³/mol. The Morgan fingerprint density at radius 1 is 1.25 bits per heavy atom. The van der Waals surface area contributed by atoms with Crippen LogP contribution in [0.2, 0.25) is 0 Å². The fourth-order valence-corrected chi connectivity index (χ4v) is 2.91. The van der Waals surface area contributed by atoms with E-state index in [9.17, 15) is 9.90 Å². The van der Waals surface area contributed by atoms with Gasteiger partial charge in [0, 0.05) is 29.7 Å². The first kappa shape index (κ1) is 16.6. The summed E-state index contributed by atoms with van der Waals surface area (Å²) in [4.78, 5) is 20.8. The van der Waals surface area contributed by atoms with Gasteiger partial charge in [-0.25, -0.2) is 9.97 Å². The van der Waals surface area contributed by atoms with Crippen LogP contribution < -0.4 is 10.6 Å². The van der Waals surface area contributed by atoms with Crippen molar-refractivity contribution in [3.63, 3.8) is 0 Å². The van der Waals surface area contributed by atoms with Gasteiger partial charge in [-0.05, 0) is 37.8 Å². The lowest BCUT2D eigenvalue weighted by atomic mass is 9.93. The summed E-state index contributed by atoms with van der Waals surface area (Å²) in [6.07, 6.45) is 4.91. The maximum Gasteiger partial charge on any atom is 0.251 e. The Labute approximate surface area is 140 Å². The van der Waals surface area contributed by atoms with E-state index in [2.05, 4.69) is 20.6 Å². The van der Waals surface area contributed by atoms with E-state index < -0.39 is 0 Å². The van der Waals surface area contributed by atoms with Crippen molar-refractivity contribution in [2.75, 3.05) is 18.5 Å². The smallest absolute Gasteiger partial charge is 0.251 e. The van der Waals surface area contributed by atoms with E-state index in [1.54, 1.807) is 18.3 Å². The molecule has 0 unspecified atom stereocenters. The molecule has 24 heavy (non-hydrogen) atoms. The lowest BCUT2D eigenvalue weighted by molar-refractivity contribution is 0.0945. The second-order valence-electron chi connectivity index (χ2n) is 6.10. The molecule has 0 saturated heterocycles. The van der Waals surface area contributed by atoms with Gasteiger partial charge in [0.05, 0.1) is 18.2 Å². The Bertz CT molecular complexity index is 714. The molecule has 0 bridgehead atoms. The molecule has 1 aliphatic rings. The summed E-state index contributed by atoms with van der Waals surface area (Å²) in [6.45, 7) is 0.132. The molecule has 1 amide bonds. The molecule has 4 N–H and O–H groups in total. The van der Waals surface area contributed by atoms with Crippen LogP contribution in [0.15, 0.2) is 24.4 Å². The van der Waals surface area contributed by atoms with Crippen LogP contribution in [-0.2, 0) is 0 Å². The number of carbonyl (C=O) groups excluding carboxylic acids is 1. The number of rotatable bonds is 5. The van der Waals surface area contributed by atoms with Crippen LogP contribution >= 0.6 is 0 Å². The highest BCUT2D eigenvalue weighted by molar-refractivity contribution is 5.97. The second-order valence-corrected chi connectivity index (χ2v) is 6.10. The average molecular weight is 330 g/mol. The Balaban J connectivity index is 1.75. The number of fused-ring (bicyclic) bond motifs is 1. The topological polar surface area (TPSA) is 107 Å². The largest absolute Gasteiger partial charge is 0.395 e. The monoisotopic (exact) mass is 330 g/mol. The van der Waals surface area contributed by atoms with Gasteiger partial charge in [0.1, 0.15) is 0 Å². The fourth-order valence-electron chi connectivity index (χ4n) is 2.91. The Hall–Kier alpha value is -2.25. The quantitative estimate of drug-likeness (QED) is 0.653. The van der Waals surface area contributed by atoms with Crippen LogP contribution in [0.25, 0.3) is 10.9 Å². The molecule has 1 aromatic heterocycles. The van der Waals surface area contributed by atoms with Crippen LogP contribution in [0.1, 0.15) is 36.0 Å². The number of aliphatic hydroxyl groups excluding tert-OH is 2. The second kappa shape index (κ2) is 7.55. The third kappa shape index (κ3) is 3.98. The third-order valence-corrected chi connectivity index (χ3v) is 4.27. The van der Waals surface area contributed by atoms with Crippen molar-refractivity contribution in [2.45, 2.75) is 37.8 Å². The van der Waals surface area contributed by atoms with Crippen LogP contribution in [0.3, 0.4) is 0 Å². The molecule has 2 aromatic rings. The molecule has 1 heterocycles. The van der Waals surface area contributed by atoms with E-state index in [1.807, 2.05) is 6.07 Å². The van der Waals surface area contributed by atoms with Crippen molar-refractivity contribution in [1.29, 1.82) is 0 Å². The molecule has 7 heteroatoms. The maximum absolute atomic E-state index is 12.0. The summed E-state index contributed by atoms with van der Waals surface area (Å²) in [6, 6.07) is 5.51. The number of nitrogens with zero attached hydrogens (tertiary/aromatic N) is 2. The highest BCUT2D eigenvalue weighted by Crippen LogP contribution is 2.22. The molecule has 1 fully saturated rings. The van der Waals surface area contributed by atoms with E-state index in [0.29, 0.717) is 17.0 Å². The zero-order valence-corrected chi connectivity index (χ0v) is 13.4. The van der Waals surface area contributed by atoms with Crippen LogP contribution in [0.4, 0.5) is 5.95 Å². The molecule has 1 aliphatic carbocycles. The number of hydrogen-bond acceptors (Lipinski definition) is 6. The predicted octanol–water partition coefficient (Wildman–Crippen LogP) is 1.07. The molecule has 0 radical (unpaired) electrons. The fraction of sp³-hybridized carbons (Fsp3) is 0.471. The van der Waals surface area contributed by atoms with Crippen LogP contribution in [0, 0.1) is 0 Å². The molecule has 0 aliphatic heterocycles. The maximum atomic E-state index is 12.0. The highest BCUT2D eigenvalue weighted by atomic mass is 16.3. The molecule has 0 spiro atoms. The number of aliphatic hydroxyl groups is 2. The van der Waals surface area contributed by atoms with Gasteiger partial charge in [-0.1, -0.05) is 6.07 Å². The Morgan fingerprint density at radius 2 is 2.04 bits per heavy atom. The summed E-state index contributed by atoms with van der Waals surface area (Å²) >= 11 is 0. The minimum Gasteiger partial charge on any atom is -0.395 e. The number of anilines is 1. The van der Waals surface area contributed by atoms with Gasteiger partial charge in [0.25, 0.3) is 5.91 Å². The standard InChI is InChI=1S/C17H22N4O3/c22-8-7-18-16(24)11-1-2-12-10-19-17(21-15(12)9-11)20-13-3-5-14(23)6-4-13/h1-2,9-10,13-14,22-23H,3-8H2,(H,18,24)(H,19,20,21)/t13-,14-. The van der Waals surface area contributed by atoms with Gasteiger partial charge >= 0.3 is 0 Å². The summed E-state index contributed by atoms with van der Waals surface area (Å²) in [5.41, 5.74) is 1.20. The van der Waals surface area contributed by atoms with Crippen molar-refractivity contribution in [3.8, 4) is 0 Å². The van der Waals surface area contributed by atoms with Gasteiger partial charge in [-0.3, -0.25) is 4.79 Å². The van der Waals surface area contributed by atoms with Crippen molar-refractivity contribution in [2.24, 2.45) is 0 Å². The molecule has 3 rings (SSSR count). The van der Waals surface area contributed by atoms with Gasteiger partial charge in [0.2, 0.25) is 5.95 Å². The third-order valence-electron chi connectivity index (χ3n) is 4.27. The Morgan fingerprint density at radius 3 is 2.79 bits per heavy atom. The van der Waals surface area contributed by atoms with Gasteiger partial charge in [0.15, 0.2) is 0 Å². The number of nitrogens with one attached hydrogen (secondary N) is 2.